The molecule has 1 aliphatic rings. The van der Waals surface area contributed by atoms with Crippen LogP contribution >= 0.6 is 12.4 Å². The molecule has 1 aromatic heterocycles. The van der Waals surface area contributed by atoms with Gasteiger partial charge in [-0.05, 0) is 52.6 Å². The quantitative estimate of drug-likeness (QED) is 0.461. The molecular formula is C23H21ClN2O3. The lowest BCUT2D eigenvalue weighted by Crippen LogP contribution is -2.34. The van der Waals surface area contributed by atoms with Crippen molar-refractivity contribution < 1.29 is 14.6 Å². The van der Waals surface area contributed by atoms with Gasteiger partial charge in [-0.25, -0.2) is 0 Å². The van der Waals surface area contributed by atoms with Gasteiger partial charge in [-0.2, -0.15) is 0 Å². The Morgan fingerprint density at radius 3 is 2.72 bits per heavy atom. The number of aromatic amines is 1. The van der Waals surface area contributed by atoms with E-state index in [9.17, 15) is 9.90 Å². The molecular weight excluding hydrogens is 388 g/mol. The standard InChI is InChI=1S/C23H20N2O3.ClH/c26-23(27)22-21-18(9-10-24-22)19-12-17(7-8-20(19)25-21)28-13-14-5-6-15-3-1-2-4-16(15)11-14;/h1-8,11-12,22,24-25H,9-10,13H2,(H,26,27);1H. The fraction of sp³-hybridized carbons (Fsp3) is 0.174. The van der Waals surface area contributed by atoms with Crippen molar-refractivity contribution in [3.8, 4) is 5.75 Å². The summed E-state index contributed by atoms with van der Waals surface area (Å²) in [6, 6.07) is 19.8. The summed E-state index contributed by atoms with van der Waals surface area (Å²) in [5, 5.41) is 15.9. The Labute approximate surface area is 174 Å². The number of carboxylic acids is 1. The summed E-state index contributed by atoms with van der Waals surface area (Å²) < 4.78 is 6.04. The third kappa shape index (κ3) is 3.55. The van der Waals surface area contributed by atoms with Crippen molar-refractivity contribution in [2.75, 3.05) is 6.54 Å². The molecule has 0 radical (unpaired) electrons. The van der Waals surface area contributed by atoms with Crippen LogP contribution in [0.25, 0.3) is 21.7 Å². The van der Waals surface area contributed by atoms with E-state index < -0.39 is 12.0 Å². The highest BCUT2D eigenvalue weighted by atomic mass is 35.5. The maximum Gasteiger partial charge on any atom is 0.326 e. The van der Waals surface area contributed by atoms with Gasteiger partial charge in [0.1, 0.15) is 18.4 Å². The summed E-state index contributed by atoms with van der Waals surface area (Å²) in [4.78, 5) is 14.8. The fourth-order valence-corrected chi connectivity index (χ4v) is 4.00. The third-order valence-electron chi connectivity index (χ3n) is 5.39. The van der Waals surface area contributed by atoms with Crippen molar-refractivity contribution >= 4 is 40.1 Å². The first kappa shape index (κ1) is 19.3. The van der Waals surface area contributed by atoms with Gasteiger partial charge in [0.15, 0.2) is 0 Å². The first-order chi connectivity index (χ1) is 13.7. The molecule has 0 saturated carbocycles. The van der Waals surface area contributed by atoms with E-state index in [1.165, 1.54) is 10.8 Å². The third-order valence-corrected chi connectivity index (χ3v) is 5.39. The summed E-state index contributed by atoms with van der Waals surface area (Å²) in [5.41, 5.74) is 3.88. The number of aromatic nitrogens is 1. The lowest BCUT2D eigenvalue weighted by Gasteiger charge is -2.20. The van der Waals surface area contributed by atoms with Crippen molar-refractivity contribution in [2.45, 2.75) is 19.1 Å². The summed E-state index contributed by atoms with van der Waals surface area (Å²) in [6.45, 7) is 1.14. The average molecular weight is 409 g/mol. The van der Waals surface area contributed by atoms with Gasteiger partial charge in [-0.1, -0.05) is 36.4 Å². The van der Waals surface area contributed by atoms with Crippen molar-refractivity contribution in [1.82, 2.24) is 10.3 Å². The molecule has 29 heavy (non-hydrogen) atoms. The molecule has 1 aliphatic heterocycles. The van der Waals surface area contributed by atoms with E-state index in [1.54, 1.807) is 0 Å². The predicted octanol–water partition coefficient (Wildman–Crippen LogP) is 4.59. The van der Waals surface area contributed by atoms with Gasteiger partial charge in [-0.3, -0.25) is 10.1 Å². The van der Waals surface area contributed by atoms with Crippen molar-refractivity contribution in [1.29, 1.82) is 0 Å². The predicted molar refractivity (Wildman–Crippen MR) is 116 cm³/mol. The van der Waals surface area contributed by atoms with Crippen LogP contribution in [0.3, 0.4) is 0 Å². The molecule has 5 nitrogen and oxygen atoms in total. The van der Waals surface area contributed by atoms with E-state index in [0.717, 1.165) is 39.9 Å². The second-order valence-corrected chi connectivity index (χ2v) is 7.17. The number of aliphatic carboxylic acids is 1. The molecule has 3 N–H and O–H groups in total. The monoisotopic (exact) mass is 408 g/mol. The number of hydrogen-bond acceptors (Lipinski definition) is 3. The highest BCUT2D eigenvalue weighted by Crippen LogP contribution is 2.32. The molecule has 0 bridgehead atoms. The summed E-state index contributed by atoms with van der Waals surface area (Å²) in [5.74, 6) is -0.0758. The highest BCUT2D eigenvalue weighted by Gasteiger charge is 2.29. The SMILES string of the molecule is Cl.O=C(O)C1NCCc2c1[nH]c1ccc(OCc3ccc4ccccc4c3)cc21. The van der Waals surface area contributed by atoms with Gasteiger partial charge in [0.25, 0.3) is 0 Å². The Morgan fingerprint density at radius 1 is 1.07 bits per heavy atom. The number of ether oxygens (including phenoxy) is 1. The number of hydrogen-bond donors (Lipinski definition) is 3. The van der Waals surface area contributed by atoms with Gasteiger partial charge < -0.3 is 14.8 Å². The number of carbonyl (C=O) groups is 1. The molecule has 0 saturated heterocycles. The Balaban J connectivity index is 0.00000205. The summed E-state index contributed by atoms with van der Waals surface area (Å²) in [7, 11) is 0. The molecule has 0 fully saturated rings. The zero-order valence-electron chi connectivity index (χ0n) is 15.6. The normalized spacial score (nSPS) is 15.7. The lowest BCUT2D eigenvalue weighted by atomic mass is 9.99. The van der Waals surface area contributed by atoms with E-state index in [0.29, 0.717) is 13.2 Å². The molecule has 0 amide bonds. The van der Waals surface area contributed by atoms with Crippen LogP contribution in [-0.2, 0) is 17.8 Å². The minimum Gasteiger partial charge on any atom is -0.489 e. The minimum atomic E-state index is -0.861. The number of halogens is 1. The second kappa shape index (κ2) is 7.78. The van der Waals surface area contributed by atoms with Crippen molar-refractivity contribution in [3.05, 3.63) is 77.5 Å². The first-order valence-corrected chi connectivity index (χ1v) is 9.40. The van der Waals surface area contributed by atoms with E-state index in [4.69, 9.17) is 4.74 Å². The Kier molecular flexibility index (Phi) is 5.18. The summed E-state index contributed by atoms with van der Waals surface area (Å²) in [6.07, 6.45) is 0.799. The zero-order valence-corrected chi connectivity index (χ0v) is 16.5. The number of nitrogens with one attached hydrogen (secondary N) is 2. The van der Waals surface area contributed by atoms with E-state index in [-0.39, 0.29) is 12.4 Å². The molecule has 5 rings (SSSR count). The number of H-pyrrole nitrogens is 1. The molecule has 3 aromatic carbocycles. The van der Waals surface area contributed by atoms with E-state index in [1.807, 2.05) is 30.3 Å². The number of carboxylic acid groups (broad SMARTS) is 1. The largest absolute Gasteiger partial charge is 0.489 e. The van der Waals surface area contributed by atoms with Crippen LogP contribution in [0.4, 0.5) is 0 Å². The highest BCUT2D eigenvalue weighted by molar-refractivity contribution is 5.89. The van der Waals surface area contributed by atoms with Gasteiger partial charge in [0, 0.05) is 23.1 Å². The number of fused-ring (bicyclic) bond motifs is 4. The van der Waals surface area contributed by atoms with Crippen LogP contribution in [0.1, 0.15) is 22.9 Å². The van der Waals surface area contributed by atoms with E-state index in [2.05, 4.69) is 40.6 Å². The molecule has 1 atom stereocenters. The van der Waals surface area contributed by atoms with Crippen LogP contribution in [0, 0.1) is 0 Å². The lowest BCUT2D eigenvalue weighted by molar-refractivity contribution is -0.139. The van der Waals surface area contributed by atoms with Gasteiger partial charge in [-0.15, -0.1) is 12.4 Å². The number of rotatable bonds is 4. The number of benzene rings is 3. The molecule has 0 spiro atoms. The average Bonchev–Trinajstić information content (AvgIpc) is 3.10. The zero-order chi connectivity index (χ0) is 19.1. The first-order valence-electron chi connectivity index (χ1n) is 9.40. The molecule has 148 valence electrons. The topological polar surface area (TPSA) is 74.4 Å². The molecule has 1 unspecified atom stereocenters. The van der Waals surface area contributed by atoms with Gasteiger partial charge in [0.05, 0.1) is 0 Å². The van der Waals surface area contributed by atoms with Crippen LogP contribution in [-0.4, -0.2) is 22.6 Å². The molecule has 6 heteroatoms. The van der Waals surface area contributed by atoms with E-state index >= 15 is 0 Å². The summed E-state index contributed by atoms with van der Waals surface area (Å²) >= 11 is 0. The van der Waals surface area contributed by atoms with Crippen LogP contribution < -0.4 is 10.1 Å². The minimum absolute atomic E-state index is 0. The Hall–Kier alpha value is -3.02. The molecule has 4 aromatic rings. The maximum absolute atomic E-state index is 11.5. The van der Waals surface area contributed by atoms with Gasteiger partial charge >= 0.3 is 5.97 Å². The van der Waals surface area contributed by atoms with Crippen molar-refractivity contribution in [2.24, 2.45) is 0 Å². The Bertz CT molecular complexity index is 1200. The van der Waals surface area contributed by atoms with Crippen LogP contribution in [0.5, 0.6) is 5.75 Å². The maximum atomic E-state index is 11.5. The smallest absolute Gasteiger partial charge is 0.326 e. The van der Waals surface area contributed by atoms with Crippen molar-refractivity contribution in [3.63, 3.8) is 0 Å². The fourth-order valence-electron chi connectivity index (χ4n) is 4.00. The van der Waals surface area contributed by atoms with Crippen LogP contribution in [0.15, 0.2) is 60.7 Å². The molecule has 0 aliphatic carbocycles. The molecule has 2 heterocycles. The Morgan fingerprint density at radius 2 is 1.90 bits per heavy atom. The van der Waals surface area contributed by atoms with Crippen LogP contribution in [0.2, 0.25) is 0 Å². The van der Waals surface area contributed by atoms with Gasteiger partial charge in [0.2, 0.25) is 0 Å². The second-order valence-electron chi connectivity index (χ2n) is 7.17.